The molecule has 11 heteroatoms. The lowest BCUT2D eigenvalue weighted by Crippen LogP contribution is -2.44. The fourth-order valence-corrected chi connectivity index (χ4v) is 5.17. The van der Waals surface area contributed by atoms with Gasteiger partial charge < -0.3 is 15.4 Å². The van der Waals surface area contributed by atoms with Gasteiger partial charge in [0.2, 0.25) is 5.95 Å². The lowest BCUT2D eigenvalue weighted by molar-refractivity contribution is 0.00350. The van der Waals surface area contributed by atoms with Crippen molar-refractivity contribution >= 4 is 33.9 Å². The Labute approximate surface area is 231 Å². The van der Waals surface area contributed by atoms with E-state index in [0.717, 1.165) is 19.3 Å². The van der Waals surface area contributed by atoms with Crippen molar-refractivity contribution in [1.29, 1.82) is 5.26 Å². The van der Waals surface area contributed by atoms with Gasteiger partial charge in [-0.1, -0.05) is 36.7 Å². The molecule has 0 bridgehead atoms. The Morgan fingerprint density at radius 3 is 2.82 bits per heavy atom. The largest absolute Gasteiger partial charge is 0.381 e. The average Bonchev–Trinajstić information content (AvgIpc) is 3.65. The van der Waals surface area contributed by atoms with Gasteiger partial charge in [0.15, 0.2) is 0 Å². The van der Waals surface area contributed by atoms with Gasteiger partial charge in [-0.15, -0.1) is 5.10 Å². The van der Waals surface area contributed by atoms with E-state index in [0.29, 0.717) is 57.3 Å². The third-order valence-corrected chi connectivity index (χ3v) is 7.59. The van der Waals surface area contributed by atoms with Gasteiger partial charge in [0.05, 0.1) is 48.0 Å². The van der Waals surface area contributed by atoms with Crippen molar-refractivity contribution in [2.45, 2.75) is 51.2 Å². The number of hydrogen-bond acceptors (Lipinski definition) is 8. The molecule has 0 amide bonds. The highest BCUT2D eigenvalue weighted by Gasteiger charge is 2.34. The van der Waals surface area contributed by atoms with Gasteiger partial charge in [0.1, 0.15) is 11.8 Å². The molecule has 39 heavy (non-hydrogen) atoms. The molecular formula is C28H28ClFN8O. The van der Waals surface area contributed by atoms with E-state index in [1.54, 1.807) is 16.9 Å². The van der Waals surface area contributed by atoms with E-state index in [4.69, 9.17) is 16.3 Å². The van der Waals surface area contributed by atoms with Crippen LogP contribution >= 0.6 is 11.6 Å². The molecule has 1 aromatic carbocycles. The van der Waals surface area contributed by atoms with Crippen LogP contribution < -0.4 is 10.6 Å². The zero-order valence-corrected chi connectivity index (χ0v) is 22.3. The zero-order valence-electron chi connectivity index (χ0n) is 22.6. The van der Waals surface area contributed by atoms with Crippen LogP contribution in [-0.2, 0) is 4.74 Å². The van der Waals surface area contributed by atoms with Crippen molar-refractivity contribution in [2.75, 3.05) is 23.8 Å². The Bertz CT molecular complexity index is 1620. The summed E-state index contributed by atoms with van der Waals surface area (Å²) in [6.45, 7) is 5.46. The first kappa shape index (κ1) is 24.2. The minimum absolute atomic E-state index is 0.0485. The summed E-state index contributed by atoms with van der Waals surface area (Å²) in [4.78, 5) is 8.24. The molecule has 200 valence electrons. The summed E-state index contributed by atoms with van der Waals surface area (Å²) < 4.78 is 30.7. The number of pyridine rings is 2. The maximum atomic E-state index is 13.7. The summed E-state index contributed by atoms with van der Waals surface area (Å²) in [5, 5.41) is 26.3. The standard InChI is InChI=1S/C28H28ClFN8O/c1-28(2)15-39-8-7-23(28)35-25-17(11-31)13-33-27-20(25)9-18(10-21(27)29)34-26(16-3-6-24(30)32-12-16)22-14-38(37-36-22)19-4-5-19/h3,6,9-10,12-14,19,23,26,34H,4-5,7-8,15H2,1-2H3,(H,33,35)/t23?,26-/m0/s1/i26D. The first-order valence-corrected chi connectivity index (χ1v) is 13.2. The lowest BCUT2D eigenvalue weighted by atomic mass is 9.81. The average molecular weight is 548 g/mol. The number of ether oxygens (including phenoxy) is 1. The van der Waals surface area contributed by atoms with E-state index in [9.17, 15) is 11.0 Å². The van der Waals surface area contributed by atoms with Gasteiger partial charge in [-0.25, -0.2) is 9.67 Å². The zero-order chi connectivity index (χ0) is 28.1. The van der Waals surface area contributed by atoms with Crippen molar-refractivity contribution in [3.05, 3.63) is 70.6 Å². The predicted octanol–water partition coefficient (Wildman–Crippen LogP) is 5.65. The van der Waals surface area contributed by atoms with Gasteiger partial charge in [-0.05, 0) is 43.0 Å². The minimum Gasteiger partial charge on any atom is -0.381 e. The maximum absolute atomic E-state index is 13.7. The molecule has 1 unspecified atom stereocenters. The lowest BCUT2D eigenvalue weighted by Gasteiger charge is -2.39. The number of fused-ring (bicyclic) bond motifs is 1. The van der Waals surface area contributed by atoms with Crippen molar-refractivity contribution in [2.24, 2.45) is 5.41 Å². The highest BCUT2D eigenvalue weighted by atomic mass is 35.5. The molecule has 2 atom stereocenters. The second kappa shape index (κ2) is 10.1. The van der Waals surface area contributed by atoms with Crippen LogP contribution in [0.5, 0.6) is 0 Å². The third-order valence-electron chi connectivity index (χ3n) is 7.30. The number of benzene rings is 1. The highest BCUT2D eigenvalue weighted by Crippen LogP contribution is 2.39. The van der Waals surface area contributed by atoms with Crippen molar-refractivity contribution in [3.8, 4) is 6.07 Å². The summed E-state index contributed by atoms with van der Waals surface area (Å²) in [6, 6.07) is 7.10. The Morgan fingerprint density at radius 1 is 1.26 bits per heavy atom. The van der Waals surface area contributed by atoms with E-state index in [1.807, 2.05) is 6.07 Å². The van der Waals surface area contributed by atoms with Crippen LogP contribution in [0.25, 0.3) is 10.9 Å². The van der Waals surface area contributed by atoms with Crippen LogP contribution in [0.3, 0.4) is 0 Å². The van der Waals surface area contributed by atoms with Crippen LogP contribution in [0.2, 0.25) is 5.02 Å². The second-order valence-electron chi connectivity index (χ2n) is 10.7. The maximum Gasteiger partial charge on any atom is 0.212 e. The number of nitriles is 1. The molecule has 1 aliphatic heterocycles. The number of halogens is 2. The summed E-state index contributed by atoms with van der Waals surface area (Å²) in [6.07, 6.45) is 7.35. The van der Waals surface area contributed by atoms with Crippen LogP contribution in [-0.4, -0.2) is 44.2 Å². The smallest absolute Gasteiger partial charge is 0.212 e. The molecule has 1 saturated heterocycles. The molecule has 1 aliphatic carbocycles. The molecule has 9 nitrogen and oxygen atoms in total. The van der Waals surface area contributed by atoms with Gasteiger partial charge >= 0.3 is 0 Å². The predicted molar refractivity (Wildman–Crippen MR) is 146 cm³/mol. The van der Waals surface area contributed by atoms with Crippen molar-refractivity contribution < 1.29 is 10.5 Å². The molecule has 2 aliphatic rings. The highest BCUT2D eigenvalue weighted by molar-refractivity contribution is 6.35. The van der Waals surface area contributed by atoms with Gasteiger partial charge in [-0.2, -0.15) is 9.65 Å². The van der Waals surface area contributed by atoms with E-state index in [-0.39, 0.29) is 17.5 Å². The topological polar surface area (TPSA) is 114 Å². The van der Waals surface area contributed by atoms with E-state index >= 15 is 0 Å². The van der Waals surface area contributed by atoms with Crippen LogP contribution in [0, 0.1) is 22.7 Å². The SMILES string of the molecule is [2H][C@](Nc1cc(Cl)c2ncc(C#N)c(NC3CCOCC3(C)C)c2c1)(c1ccc(F)nc1)c1cn(C2CC2)nn1. The Kier molecular flexibility index (Phi) is 6.25. The Hall–Kier alpha value is -3.81. The molecule has 4 heterocycles. The van der Waals surface area contributed by atoms with Gasteiger partial charge in [0.25, 0.3) is 0 Å². The summed E-state index contributed by atoms with van der Waals surface area (Å²) in [7, 11) is 0. The molecule has 0 spiro atoms. The van der Waals surface area contributed by atoms with Crippen LogP contribution in [0.15, 0.2) is 42.9 Å². The summed E-state index contributed by atoms with van der Waals surface area (Å²) in [5.41, 5.74) is 2.56. The molecule has 1 saturated carbocycles. The summed E-state index contributed by atoms with van der Waals surface area (Å²) in [5.74, 6) is -0.650. The number of nitrogens with one attached hydrogen (secondary N) is 2. The quantitative estimate of drug-likeness (QED) is 0.285. The van der Waals surface area contributed by atoms with Gasteiger partial charge in [-0.3, -0.25) is 4.98 Å². The molecule has 2 fully saturated rings. The van der Waals surface area contributed by atoms with Crippen LogP contribution in [0.4, 0.5) is 15.8 Å². The van der Waals surface area contributed by atoms with E-state index < -0.39 is 12.0 Å². The van der Waals surface area contributed by atoms with E-state index in [1.165, 1.54) is 24.5 Å². The van der Waals surface area contributed by atoms with Crippen LogP contribution in [0.1, 0.15) is 63.4 Å². The van der Waals surface area contributed by atoms with Crippen molar-refractivity contribution in [1.82, 2.24) is 25.0 Å². The fraction of sp³-hybridized carbons (Fsp3) is 0.393. The number of nitrogens with zero attached hydrogens (tertiary/aromatic N) is 6. The first-order chi connectivity index (χ1) is 19.2. The summed E-state index contributed by atoms with van der Waals surface area (Å²) >= 11 is 6.74. The number of aromatic nitrogens is 5. The first-order valence-electron chi connectivity index (χ1n) is 13.4. The third kappa shape index (κ3) is 5.12. The minimum atomic E-state index is -1.67. The molecular weight excluding hydrogens is 519 g/mol. The monoisotopic (exact) mass is 547 g/mol. The molecule has 3 aromatic heterocycles. The second-order valence-corrected chi connectivity index (χ2v) is 11.1. The molecule has 4 aromatic rings. The number of hydrogen-bond donors (Lipinski definition) is 2. The fourth-order valence-electron chi connectivity index (χ4n) is 4.90. The normalized spacial score (nSPS) is 20.6. The van der Waals surface area contributed by atoms with Gasteiger partial charge in [0, 0.05) is 41.5 Å². The number of rotatable bonds is 7. The molecule has 2 N–H and O–H groups in total. The molecule has 6 rings (SSSR count). The van der Waals surface area contributed by atoms with Crippen molar-refractivity contribution in [3.63, 3.8) is 0 Å². The van der Waals surface area contributed by atoms with E-state index in [2.05, 4.69) is 50.8 Å². The number of anilines is 2. The Balaban J connectivity index is 1.45. The Morgan fingerprint density at radius 2 is 2.10 bits per heavy atom. The molecule has 0 radical (unpaired) electrons.